The van der Waals surface area contributed by atoms with Crippen molar-refractivity contribution in [2.75, 3.05) is 0 Å². The van der Waals surface area contributed by atoms with Gasteiger partial charge in [-0.3, -0.25) is 0 Å². The van der Waals surface area contributed by atoms with Crippen LogP contribution in [0.2, 0.25) is 0 Å². The molecule has 0 saturated carbocycles. The minimum Gasteiger partial charge on any atom is -0.482 e. The van der Waals surface area contributed by atoms with Gasteiger partial charge in [0.15, 0.2) is 0 Å². The number of para-hydroxylation sites is 1. The van der Waals surface area contributed by atoms with Gasteiger partial charge in [0.25, 0.3) is 0 Å². The molecule has 1 nitrogen and oxygen atoms in total. The lowest BCUT2D eigenvalue weighted by Gasteiger charge is -2.09. The molecule has 3 rings (SSSR count). The highest BCUT2D eigenvalue weighted by atomic mass is 16.5. The Morgan fingerprint density at radius 3 is 2.47 bits per heavy atom. The van der Waals surface area contributed by atoms with Gasteiger partial charge in [-0.2, -0.15) is 0 Å². The van der Waals surface area contributed by atoms with Crippen LogP contribution in [0.5, 0.6) is 5.75 Å². The van der Waals surface area contributed by atoms with E-state index in [1.807, 2.05) is 0 Å². The fraction of sp³-hybridized carbons (Fsp3) is 0.278. The third-order valence-electron chi connectivity index (χ3n) is 3.72. The molecule has 1 heterocycles. The van der Waals surface area contributed by atoms with Gasteiger partial charge in [0, 0.05) is 12.8 Å². The van der Waals surface area contributed by atoms with Gasteiger partial charge in [-0.15, -0.1) is 0 Å². The third-order valence-corrected chi connectivity index (χ3v) is 3.72. The molecule has 1 aliphatic heterocycles. The van der Waals surface area contributed by atoms with Gasteiger partial charge in [-0.05, 0) is 35.6 Å². The van der Waals surface area contributed by atoms with Crippen LogP contribution in [0.3, 0.4) is 0 Å². The average molecular weight is 251 g/mol. The van der Waals surface area contributed by atoms with E-state index in [0.717, 1.165) is 31.1 Å². The molecule has 0 saturated heterocycles. The Morgan fingerprint density at radius 1 is 1.00 bits per heavy atom. The van der Waals surface area contributed by atoms with E-state index < -0.39 is 0 Å². The molecule has 0 fully saturated rings. The van der Waals surface area contributed by atoms with Crippen molar-refractivity contribution < 1.29 is 4.74 Å². The summed E-state index contributed by atoms with van der Waals surface area (Å²) >= 11 is 0. The van der Waals surface area contributed by atoms with E-state index in [9.17, 15) is 0 Å². The highest BCUT2D eigenvalue weighted by molar-refractivity contribution is 5.48. The van der Waals surface area contributed by atoms with Crippen LogP contribution in [-0.4, -0.2) is 0 Å². The molecular weight excluding hydrogens is 232 g/mol. The monoisotopic (exact) mass is 251 g/mol. The second-order valence-corrected chi connectivity index (χ2v) is 5.23. The fourth-order valence-corrected chi connectivity index (χ4v) is 2.64. The van der Waals surface area contributed by atoms with Crippen LogP contribution in [0.15, 0.2) is 42.5 Å². The number of aryl methyl sites for hydroxylation is 1. The van der Waals surface area contributed by atoms with Crippen molar-refractivity contribution in [3.05, 3.63) is 70.8 Å². The van der Waals surface area contributed by atoms with Gasteiger partial charge in [0.2, 0.25) is 0 Å². The standard InChI is InChI=1S/C18H19O/c1-3-14-7-9-15(10-8-14)12-17-6-4-5-16-11-13(2)19-18(16)17/h4-10H,3,11-12H2,1-2H3. The van der Waals surface area contributed by atoms with Crippen molar-refractivity contribution in [1.29, 1.82) is 0 Å². The first-order valence-corrected chi connectivity index (χ1v) is 6.95. The number of hydrogen-bond acceptors (Lipinski definition) is 1. The average Bonchev–Trinajstić information content (AvgIpc) is 2.81. The topological polar surface area (TPSA) is 9.23 Å². The zero-order chi connectivity index (χ0) is 13.2. The van der Waals surface area contributed by atoms with E-state index in [1.165, 1.54) is 22.3 Å². The maximum Gasteiger partial charge on any atom is 0.150 e. The van der Waals surface area contributed by atoms with Crippen molar-refractivity contribution in [3.8, 4) is 5.75 Å². The van der Waals surface area contributed by atoms with Crippen molar-refractivity contribution in [3.63, 3.8) is 0 Å². The summed E-state index contributed by atoms with van der Waals surface area (Å²) in [5.41, 5.74) is 5.35. The Balaban J connectivity index is 1.85. The van der Waals surface area contributed by atoms with Crippen molar-refractivity contribution in [2.45, 2.75) is 33.1 Å². The van der Waals surface area contributed by atoms with Crippen molar-refractivity contribution in [2.24, 2.45) is 0 Å². The minimum absolute atomic E-state index is 0.945. The smallest absolute Gasteiger partial charge is 0.150 e. The Hall–Kier alpha value is -1.76. The van der Waals surface area contributed by atoms with Crippen LogP contribution in [0.1, 0.15) is 36.1 Å². The summed E-state index contributed by atoms with van der Waals surface area (Å²) in [4.78, 5) is 0. The van der Waals surface area contributed by atoms with E-state index in [2.05, 4.69) is 56.3 Å². The number of rotatable bonds is 3. The summed E-state index contributed by atoms with van der Waals surface area (Å²) in [6.45, 7) is 4.24. The molecule has 1 radical (unpaired) electrons. The van der Waals surface area contributed by atoms with Crippen LogP contribution in [0.4, 0.5) is 0 Å². The van der Waals surface area contributed by atoms with Crippen LogP contribution in [0.25, 0.3) is 0 Å². The molecule has 97 valence electrons. The molecule has 0 bridgehead atoms. The first kappa shape index (κ1) is 12.3. The van der Waals surface area contributed by atoms with E-state index >= 15 is 0 Å². The summed E-state index contributed by atoms with van der Waals surface area (Å²) in [6, 6.07) is 15.4. The summed E-state index contributed by atoms with van der Waals surface area (Å²) in [5, 5.41) is 0. The zero-order valence-electron chi connectivity index (χ0n) is 11.6. The normalized spacial score (nSPS) is 14.2. The number of benzene rings is 2. The largest absolute Gasteiger partial charge is 0.482 e. The maximum atomic E-state index is 5.87. The van der Waals surface area contributed by atoms with Crippen LogP contribution < -0.4 is 4.74 Å². The second-order valence-electron chi connectivity index (χ2n) is 5.23. The van der Waals surface area contributed by atoms with E-state index in [1.54, 1.807) is 0 Å². The molecule has 2 aromatic rings. The van der Waals surface area contributed by atoms with Gasteiger partial charge < -0.3 is 4.74 Å². The highest BCUT2D eigenvalue weighted by Crippen LogP contribution is 2.36. The van der Waals surface area contributed by atoms with Crippen LogP contribution in [0, 0.1) is 6.10 Å². The molecule has 0 spiro atoms. The second kappa shape index (κ2) is 5.08. The Bertz CT molecular complexity index is 569. The van der Waals surface area contributed by atoms with Crippen LogP contribution in [-0.2, 0) is 19.3 Å². The first-order chi connectivity index (χ1) is 9.26. The maximum absolute atomic E-state index is 5.87. The molecule has 0 N–H and O–H groups in total. The quantitative estimate of drug-likeness (QED) is 0.789. The lowest BCUT2D eigenvalue weighted by Crippen LogP contribution is -1.96. The number of fused-ring (bicyclic) bond motifs is 1. The Morgan fingerprint density at radius 2 is 1.74 bits per heavy atom. The molecular formula is C18H19O. The number of hydrogen-bond donors (Lipinski definition) is 0. The summed E-state index contributed by atoms with van der Waals surface area (Å²) in [5.74, 6) is 1.08. The van der Waals surface area contributed by atoms with Crippen LogP contribution >= 0.6 is 0 Å². The van der Waals surface area contributed by atoms with Crippen molar-refractivity contribution in [1.82, 2.24) is 0 Å². The molecule has 19 heavy (non-hydrogen) atoms. The van der Waals surface area contributed by atoms with Gasteiger partial charge in [0.1, 0.15) is 11.9 Å². The van der Waals surface area contributed by atoms with Crippen molar-refractivity contribution >= 4 is 0 Å². The van der Waals surface area contributed by atoms with E-state index in [-0.39, 0.29) is 0 Å². The summed E-state index contributed by atoms with van der Waals surface area (Å²) < 4.78 is 5.87. The lowest BCUT2D eigenvalue weighted by molar-refractivity contribution is 0.358. The molecule has 2 aromatic carbocycles. The van der Waals surface area contributed by atoms with Gasteiger partial charge >= 0.3 is 0 Å². The predicted molar refractivity (Wildman–Crippen MR) is 78.3 cm³/mol. The molecule has 0 amide bonds. The molecule has 0 unspecified atom stereocenters. The Kier molecular flexibility index (Phi) is 3.29. The minimum atomic E-state index is 0.945. The zero-order valence-corrected chi connectivity index (χ0v) is 11.6. The summed E-state index contributed by atoms with van der Waals surface area (Å²) in [6.07, 6.45) is 4.10. The third kappa shape index (κ3) is 2.51. The van der Waals surface area contributed by atoms with E-state index in [4.69, 9.17) is 4.74 Å². The highest BCUT2D eigenvalue weighted by Gasteiger charge is 2.22. The molecule has 0 atom stereocenters. The van der Waals surface area contributed by atoms with Gasteiger partial charge in [-0.1, -0.05) is 49.4 Å². The predicted octanol–water partition coefficient (Wildman–Crippen LogP) is 4.33. The SMILES string of the molecule is CCc1ccc(Cc2cccc3c2O[C](C)C3)cc1. The van der Waals surface area contributed by atoms with Gasteiger partial charge in [0.05, 0.1) is 0 Å². The molecule has 1 aliphatic rings. The number of ether oxygens (including phenoxy) is 1. The van der Waals surface area contributed by atoms with E-state index in [0.29, 0.717) is 0 Å². The Labute approximate surface area is 115 Å². The fourth-order valence-electron chi connectivity index (χ4n) is 2.64. The molecule has 0 aliphatic carbocycles. The first-order valence-electron chi connectivity index (χ1n) is 6.95. The molecule has 1 heteroatoms. The van der Waals surface area contributed by atoms with Gasteiger partial charge in [-0.25, -0.2) is 0 Å². The molecule has 0 aromatic heterocycles. The summed E-state index contributed by atoms with van der Waals surface area (Å²) in [7, 11) is 0. The lowest BCUT2D eigenvalue weighted by atomic mass is 9.99.